The van der Waals surface area contributed by atoms with Gasteiger partial charge in [-0.1, -0.05) is 0 Å². The summed E-state index contributed by atoms with van der Waals surface area (Å²) in [6, 6.07) is 0.707. The highest BCUT2D eigenvalue weighted by molar-refractivity contribution is 5.04. The van der Waals surface area contributed by atoms with Crippen LogP contribution in [-0.4, -0.2) is 70.0 Å². The van der Waals surface area contributed by atoms with Gasteiger partial charge in [-0.15, -0.1) is 10.2 Å². The van der Waals surface area contributed by atoms with Gasteiger partial charge in [0.1, 0.15) is 11.6 Å². The Morgan fingerprint density at radius 2 is 1.79 bits per heavy atom. The molecule has 0 aliphatic carbocycles. The molecule has 0 N–H and O–H groups in total. The molecule has 1 aromatic heterocycles. The van der Waals surface area contributed by atoms with E-state index in [0.717, 1.165) is 32.1 Å². The van der Waals surface area contributed by atoms with Crippen LogP contribution >= 0.6 is 0 Å². The zero-order valence-corrected chi connectivity index (χ0v) is 15.0. The molecular formula is C18H31N5O. The minimum atomic E-state index is 0.534. The normalized spacial score (nSPS) is 27.8. The molecule has 0 spiro atoms. The molecule has 0 radical (unpaired) electrons. The summed E-state index contributed by atoms with van der Waals surface area (Å²) in [6.45, 7) is 7.61. The van der Waals surface area contributed by atoms with Gasteiger partial charge >= 0.3 is 0 Å². The molecular weight excluding hydrogens is 302 g/mol. The third kappa shape index (κ3) is 3.51. The summed E-state index contributed by atoms with van der Waals surface area (Å²) >= 11 is 0. The first kappa shape index (κ1) is 16.5. The predicted octanol–water partition coefficient (Wildman–Crippen LogP) is 1.77. The highest BCUT2D eigenvalue weighted by atomic mass is 16.5. The Hall–Kier alpha value is -0.980. The number of aromatic nitrogens is 3. The van der Waals surface area contributed by atoms with Crippen LogP contribution in [0.5, 0.6) is 0 Å². The van der Waals surface area contributed by atoms with E-state index in [4.69, 9.17) is 4.74 Å². The van der Waals surface area contributed by atoms with Gasteiger partial charge < -0.3 is 9.30 Å². The standard InChI is InChI=1S/C18H31N5O/c1-21-17(14-22-8-2-3-9-22)19-20-18(21)15-5-4-10-23(13-15)16-6-11-24-12-7-16/h15-16H,2-14H2,1H3/t15-/m1/s1. The summed E-state index contributed by atoms with van der Waals surface area (Å²) < 4.78 is 7.80. The molecule has 3 aliphatic heterocycles. The number of hydrogen-bond acceptors (Lipinski definition) is 5. The minimum Gasteiger partial charge on any atom is -0.381 e. The van der Waals surface area contributed by atoms with Crippen molar-refractivity contribution >= 4 is 0 Å². The van der Waals surface area contributed by atoms with Gasteiger partial charge in [-0.25, -0.2) is 0 Å². The number of hydrogen-bond donors (Lipinski definition) is 0. The number of rotatable bonds is 4. The summed E-state index contributed by atoms with van der Waals surface area (Å²) in [5, 5.41) is 9.12. The van der Waals surface area contributed by atoms with Gasteiger partial charge in [0, 0.05) is 38.8 Å². The molecule has 4 rings (SSSR count). The molecule has 134 valence electrons. The second-order valence-corrected chi connectivity index (χ2v) is 7.69. The van der Waals surface area contributed by atoms with E-state index in [-0.39, 0.29) is 0 Å². The molecule has 4 heterocycles. The van der Waals surface area contributed by atoms with Gasteiger partial charge in [-0.05, 0) is 58.2 Å². The van der Waals surface area contributed by atoms with E-state index >= 15 is 0 Å². The molecule has 0 bridgehead atoms. The molecule has 6 heteroatoms. The van der Waals surface area contributed by atoms with E-state index in [1.165, 1.54) is 64.0 Å². The molecule has 3 fully saturated rings. The molecule has 1 aromatic rings. The summed E-state index contributed by atoms with van der Waals surface area (Å²) in [4.78, 5) is 5.19. The Balaban J connectivity index is 1.41. The molecule has 1 atom stereocenters. The first-order valence-electron chi connectivity index (χ1n) is 9.73. The lowest BCUT2D eigenvalue weighted by atomic mass is 9.94. The van der Waals surface area contributed by atoms with Crippen molar-refractivity contribution in [3.05, 3.63) is 11.6 Å². The smallest absolute Gasteiger partial charge is 0.146 e. The molecule has 0 aromatic carbocycles. The van der Waals surface area contributed by atoms with Crippen molar-refractivity contribution in [1.82, 2.24) is 24.6 Å². The van der Waals surface area contributed by atoms with Gasteiger partial charge in [0.2, 0.25) is 0 Å². The molecule has 6 nitrogen and oxygen atoms in total. The zero-order chi connectivity index (χ0) is 16.4. The SMILES string of the molecule is Cn1c(CN2CCCC2)nnc1[C@@H]1CCCN(C2CCOCC2)C1. The average Bonchev–Trinajstić information content (AvgIpc) is 3.27. The maximum Gasteiger partial charge on any atom is 0.146 e. The van der Waals surface area contributed by atoms with Crippen molar-refractivity contribution in [3.63, 3.8) is 0 Å². The first-order valence-corrected chi connectivity index (χ1v) is 9.73. The lowest BCUT2D eigenvalue weighted by Gasteiger charge is -2.39. The highest BCUT2D eigenvalue weighted by Crippen LogP contribution is 2.29. The van der Waals surface area contributed by atoms with Crippen molar-refractivity contribution < 1.29 is 4.74 Å². The second-order valence-electron chi connectivity index (χ2n) is 7.69. The van der Waals surface area contributed by atoms with Gasteiger partial charge in [-0.3, -0.25) is 9.80 Å². The van der Waals surface area contributed by atoms with Gasteiger partial charge in [0.05, 0.1) is 6.54 Å². The summed E-state index contributed by atoms with van der Waals surface area (Å²) in [7, 11) is 2.16. The summed E-state index contributed by atoms with van der Waals surface area (Å²) in [5.41, 5.74) is 0. The van der Waals surface area contributed by atoms with Crippen LogP contribution in [0.25, 0.3) is 0 Å². The van der Waals surface area contributed by atoms with E-state index in [0.29, 0.717) is 12.0 Å². The summed E-state index contributed by atoms with van der Waals surface area (Å²) in [5.74, 6) is 2.86. The van der Waals surface area contributed by atoms with Crippen molar-refractivity contribution in [2.45, 2.75) is 57.0 Å². The van der Waals surface area contributed by atoms with E-state index < -0.39 is 0 Å². The third-order valence-electron chi connectivity index (χ3n) is 6.09. The van der Waals surface area contributed by atoms with E-state index in [1.807, 2.05) is 0 Å². The van der Waals surface area contributed by atoms with Crippen LogP contribution in [0, 0.1) is 0 Å². The number of nitrogens with zero attached hydrogens (tertiary/aromatic N) is 5. The van der Waals surface area contributed by atoms with Gasteiger partial charge in [0.15, 0.2) is 0 Å². The maximum absolute atomic E-state index is 5.53. The average molecular weight is 333 g/mol. The number of ether oxygens (including phenoxy) is 1. The monoisotopic (exact) mass is 333 g/mol. The number of likely N-dealkylation sites (tertiary alicyclic amines) is 2. The fraction of sp³-hybridized carbons (Fsp3) is 0.889. The zero-order valence-electron chi connectivity index (χ0n) is 15.0. The van der Waals surface area contributed by atoms with Crippen LogP contribution in [-0.2, 0) is 18.3 Å². The summed E-state index contributed by atoms with van der Waals surface area (Å²) in [6.07, 6.45) is 7.55. The Bertz CT molecular complexity index is 534. The van der Waals surface area contributed by atoms with Crippen molar-refractivity contribution in [2.75, 3.05) is 39.4 Å². The Morgan fingerprint density at radius 1 is 1.00 bits per heavy atom. The molecule has 0 unspecified atom stereocenters. The Labute approximate surface area is 145 Å². The van der Waals surface area contributed by atoms with E-state index in [9.17, 15) is 0 Å². The van der Waals surface area contributed by atoms with Crippen LogP contribution in [0.4, 0.5) is 0 Å². The fourth-order valence-corrected chi connectivity index (χ4v) is 4.61. The molecule has 0 amide bonds. The Morgan fingerprint density at radius 3 is 2.58 bits per heavy atom. The van der Waals surface area contributed by atoms with Crippen LogP contribution in [0.15, 0.2) is 0 Å². The topological polar surface area (TPSA) is 46.4 Å². The van der Waals surface area contributed by atoms with E-state index in [2.05, 4.69) is 31.6 Å². The molecule has 3 saturated heterocycles. The predicted molar refractivity (Wildman–Crippen MR) is 92.9 cm³/mol. The quantitative estimate of drug-likeness (QED) is 0.840. The van der Waals surface area contributed by atoms with Crippen molar-refractivity contribution in [2.24, 2.45) is 7.05 Å². The Kier molecular flexibility index (Phi) is 5.15. The van der Waals surface area contributed by atoms with Crippen LogP contribution in [0.1, 0.15) is 56.1 Å². The van der Waals surface area contributed by atoms with Crippen LogP contribution in [0.2, 0.25) is 0 Å². The minimum absolute atomic E-state index is 0.534. The first-order chi connectivity index (χ1) is 11.8. The van der Waals surface area contributed by atoms with Gasteiger partial charge in [-0.2, -0.15) is 0 Å². The lowest BCUT2D eigenvalue weighted by molar-refractivity contribution is 0.0233. The van der Waals surface area contributed by atoms with Crippen LogP contribution < -0.4 is 0 Å². The highest BCUT2D eigenvalue weighted by Gasteiger charge is 2.30. The molecule has 3 aliphatic rings. The largest absolute Gasteiger partial charge is 0.381 e. The van der Waals surface area contributed by atoms with Crippen LogP contribution in [0.3, 0.4) is 0 Å². The van der Waals surface area contributed by atoms with Crippen molar-refractivity contribution in [3.8, 4) is 0 Å². The van der Waals surface area contributed by atoms with Gasteiger partial charge in [0.25, 0.3) is 0 Å². The maximum atomic E-state index is 5.53. The number of piperidine rings is 1. The second kappa shape index (κ2) is 7.50. The fourth-order valence-electron chi connectivity index (χ4n) is 4.61. The molecule has 24 heavy (non-hydrogen) atoms. The van der Waals surface area contributed by atoms with Crippen molar-refractivity contribution in [1.29, 1.82) is 0 Å². The van der Waals surface area contributed by atoms with E-state index in [1.54, 1.807) is 0 Å². The third-order valence-corrected chi connectivity index (χ3v) is 6.09. The molecule has 0 saturated carbocycles. The lowest BCUT2D eigenvalue weighted by Crippen LogP contribution is -2.45.